The summed E-state index contributed by atoms with van der Waals surface area (Å²) in [4.78, 5) is 4.72. The van der Waals surface area contributed by atoms with Gasteiger partial charge in [-0.05, 0) is 149 Å². The van der Waals surface area contributed by atoms with E-state index in [1.807, 2.05) is 0 Å². The second-order valence-electron chi connectivity index (χ2n) is 17.0. The zero-order valence-corrected chi connectivity index (χ0v) is 36.3. The zero-order valence-electron chi connectivity index (χ0n) is 36.3. The summed E-state index contributed by atoms with van der Waals surface area (Å²) in [6.45, 7) is 0. The fourth-order valence-corrected chi connectivity index (χ4v) is 9.67. The summed E-state index contributed by atoms with van der Waals surface area (Å²) in [5.41, 5.74) is 13.8. The molecule has 12 aromatic carbocycles. The summed E-state index contributed by atoms with van der Waals surface area (Å²) >= 11 is 0. The minimum Gasteiger partial charge on any atom is -0.310 e. The first-order chi connectivity index (χ1) is 32.7. The van der Waals surface area contributed by atoms with Gasteiger partial charge in [-0.1, -0.05) is 194 Å². The van der Waals surface area contributed by atoms with Crippen LogP contribution in [0.1, 0.15) is 0 Å². The van der Waals surface area contributed by atoms with Crippen molar-refractivity contribution in [2.45, 2.75) is 0 Å². The molecule has 0 N–H and O–H groups in total. The van der Waals surface area contributed by atoms with Gasteiger partial charge in [0.05, 0.1) is 0 Å². The highest BCUT2D eigenvalue weighted by Crippen LogP contribution is 2.41. The van der Waals surface area contributed by atoms with Crippen molar-refractivity contribution in [3.05, 3.63) is 267 Å². The summed E-state index contributed by atoms with van der Waals surface area (Å²) in [6.07, 6.45) is 0. The number of fused-ring (bicyclic) bond motifs is 4. The molecule has 0 aliphatic heterocycles. The van der Waals surface area contributed by atoms with E-state index in [1.54, 1.807) is 0 Å². The van der Waals surface area contributed by atoms with Gasteiger partial charge in [-0.15, -0.1) is 0 Å². The SMILES string of the molecule is c1ccc2cc(N(c3ccc(-c4ccc(N(c5ccc(-c6cccc7ccccc67)cc5)c5ccc6ccccc6c5)cc4)cc3)c3ccc(-c4cccc5ccccc45)cc3)ccc2c1. The number of rotatable bonds is 9. The monoisotopic (exact) mass is 840 g/mol. The highest BCUT2D eigenvalue weighted by molar-refractivity contribution is 5.99. The largest absolute Gasteiger partial charge is 0.310 e. The lowest BCUT2D eigenvalue weighted by Crippen LogP contribution is -2.10. The van der Waals surface area contributed by atoms with Gasteiger partial charge < -0.3 is 9.80 Å². The van der Waals surface area contributed by atoms with Crippen molar-refractivity contribution >= 4 is 77.2 Å². The van der Waals surface area contributed by atoms with Gasteiger partial charge in [0.2, 0.25) is 0 Å². The van der Waals surface area contributed by atoms with Crippen molar-refractivity contribution in [3.8, 4) is 33.4 Å². The summed E-state index contributed by atoms with van der Waals surface area (Å²) < 4.78 is 0. The second-order valence-corrected chi connectivity index (χ2v) is 17.0. The first-order valence-corrected chi connectivity index (χ1v) is 22.7. The Hall–Kier alpha value is -8.72. The Kier molecular flexibility index (Phi) is 9.89. The molecule has 66 heavy (non-hydrogen) atoms. The van der Waals surface area contributed by atoms with Crippen LogP contribution in [0.5, 0.6) is 0 Å². The zero-order chi connectivity index (χ0) is 43.8. The van der Waals surface area contributed by atoms with Crippen molar-refractivity contribution in [1.29, 1.82) is 0 Å². The number of nitrogens with zero attached hydrogens (tertiary/aromatic N) is 2. The molecule has 0 radical (unpaired) electrons. The second kappa shape index (κ2) is 16.8. The summed E-state index contributed by atoms with van der Waals surface area (Å²) in [5, 5.41) is 9.89. The van der Waals surface area contributed by atoms with Crippen molar-refractivity contribution in [3.63, 3.8) is 0 Å². The van der Waals surface area contributed by atoms with Gasteiger partial charge >= 0.3 is 0 Å². The molecule has 0 aliphatic carbocycles. The fraction of sp³-hybridized carbons (Fsp3) is 0. The highest BCUT2D eigenvalue weighted by Gasteiger charge is 2.17. The summed E-state index contributed by atoms with van der Waals surface area (Å²) in [5.74, 6) is 0. The maximum atomic E-state index is 2.36. The molecule has 12 aromatic rings. The lowest BCUT2D eigenvalue weighted by Gasteiger charge is -2.27. The minimum absolute atomic E-state index is 1.10. The van der Waals surface area contributed by atoms with Gasteiger partial charge in [0.25, 0.3) is 0 Å². The van der Waals surface area contributed by atoms with Crippen LogP contribution in [-0.4, -0.2) is 0 Å². The van der Waals surface area contributed by atoms with Crippen molar-refractivity contribution in [2.75, 3.05) is 9.80 Å². The van der Waals surface area contributed by atoms with Crippen molar-refractivity contribution in [2.24, 2.45) is 0 Å². The van der Waals surface area contributed by atoms with Gasteiger partial charge in [-0.3, -0.25) is 0 Å². The van der Waals surface area contributed by atoms with Crippen LogP contribution in [0.2, 0.25) is 0 Å². The third-order valence-electron chi connectivity index (χ3n) is 13.0. The molecule has 0 fully saturated rings. The molecule has 0 bridgehead atoms. The predicted molar refractivity (Wildman–Crippen MR) is 282 cm³/mol. The van der Waals surface area contributed by atoms with E-state index in [4.69, 9.17) is 0 Å². The molecule has 0 heterocycles. The molecule has 2 heteroatoms. The average molecular weight is 841 g/mol. The molecular formula is C64H44N2. The van der Waals surface area contributed by atoms with E-state index >= 15 is 0 Å². The molecule has 0 amide bonds. The maximum absolute atomic E-state index is 2.36. The molecule has 12 rings (SSSR count). The van der Waals surface area contributed by atoms with Crippen molar-refractivity contribution in [1.82, 2.24) is 0 Å². The van der Waals surface area contributed by atoms with Gasteiger partial charge in [0.1, 0.15) is 0 Å². The summed E-state index contributed by atoms with van der Waals surface area (Å²) in [7, 11) is 0. The Bertz CT molecular complexity index is 3430. The van der Waals surface area contributed by atoms with Gasteiger partial charge in [-0.2, -0.15) is 0 Å². The minimum atomic E-state index is 1.10. The maximum Gasteiger partial charge on any atom is 0.0468 e. The number of hydrogen-bond donors (Lipinski definition) is 0. The lowest BCUT2D eigenvalue weighted by molar-refractivity contribution is 1.28. The molecule has 2 nitrogen and oxygen atoms in total. The van der Waals surface area contributed by atoms with E-state index in [2.05, 4.69) is 277 Å². The van der Waals surface area contributed by atoms with E-state index < -0.39 is 0 Å². The predicted octanol–water partition coefficient (Wildman–Crippen LogP) is 18.2. The third kappa shape index (κ3) is 7.31. The van der Waals surface area contributed by atoms with Crippen LogP contribution in [0.15, 0.2) is 267 Å². The number of hydrogen-bond acceptors (Lipinski definition) is 2. The van der Waals surface area contributed by atoms with Crippen LogP contribution < -0.4 is 9.80 Å². The van der Waals surface area contributed by atoms with Crippen LogP contribution in [0.3, 0.4) is 0 Å². The summed E-state index contributed by atoms with van der Waals surface area (Å²) in [6, 6.07) is 96.9. The highest BCUT2D eigenvalue weighted by atomic mass is 15.1. The topological polar surface area (TPSA) is 6.48 Å². The first-order valence-electron chi connectivity index (χ1n) is 22.7. The smallest absolute Gasteiger partial charge is 0.0468 e. The molecule has 0 saturated carbocycles. The Labute approximate surface area is 385 Å². The molecule has 310 valence electrons. The first kappa shape index (κ1) is 38.9. The van der Waals surface area contributed by atoms with Crippen LogP contribution in [0.4, 0.5) is 34.1 Å². The number of anilines is 6. The van der Waals surface area contributed by atoms with Crippen LogP contribution >= 0.6 is 0 Å². The van der Waals surface area contributed by atoms with E-state index in [-0.39, 0.29) is 0 Å². The molecule has 0 atom stereocenters. The average Bonchev–Trinajstić information content (AvgIpc) is 3.39. The molecule has 0 saturated heterocycles. The quantitative estimate of drug-likeness (QED) is 0.143. The number of benzene rings is 12. The van der Waals surface area contributed by atoms with Gasteiger partial charge in [0, 0.05) is 34.1 Å². The Morgan fingerprint density at radius 3 is 0.848 bits per heavy atom. The molecule has 0 unspecified atom stereocenters. The van der Waals surface area contributed by atoms with E-state index in [0.29, 0.717) is 0 Å². The van der Waals surface area contributed by atoms with Crippen LogP contribution in [0, 0.1) is 0 Å². The fourth-order valence-electron chi connectivity index (χ4n) is 9.67. The third-order valence-corrected chi connectivity index (χ3v) is 13.0. The normalized spacial score (nSPS) is 11.3. The van der Waals surface area contributed by atoms with E-state index in [0.717, 1.165) is 45.3 Å². The van der Waals surface area contributed by atoms with Gasteiger partial charge in [-0.25, -0.2) is 0 Å². The van der Waals surface area contributed by atoms with Crippen LogP contribution in [0.25, 0.3) is 76.5 Å². The Balaban J connectivity index is 0.881. The molecule has 0 spiro atoms. The Morgan fingerprint density at radius 2 is 0.470 bits per heavy atom. The molecular weight excluding hydrogens is 797 g/mol. The molecule has 0 aromatic heterocycles. The van der Waals surface area contributed by atoms with E-state index in [9.17, 15) is 0 Å². The molecule has 0 aliphatic rings. The van der Waals surface area contributed by atoms with E-state index in [1.165, 1.54) is 65.3 Å². The van der Waals surface area contributed by atoms with Gasteiger partial charge in [0.15, 0.2) is 0 Å². The van der Waals surface area contributed by atoms with Crippen LogP contribution in [-0.2, 0) is 0 Å². The Morgan fingerprint density at radius 1 is 0.182 bits per heavy atom. The lowest BCUT2D eigenvalue weighted by atomic mass is 9.98. The standard InChI is InChI=1S/C64H44N2/c1-3-15-53-43-59(41-27-45(53)11-1)65(57-37-29-51(30-38-57)63-21-9-17-49-13-5-7-19-61(49)63)55-33-23-47(24-34-55)48-25-35-56(36-26-48)66(60-42-28-46-12-2-4-16-54(46)44-60)58-39-31-52(32-40-58)64-22-10-18-50-14-6-8-20-62(50)64/h1-44H. The van der Waals surface area contributed by atoms with Crippen molar-refractivity contribution < 1.29 is 0 Å².